The Hall–Kier alpha value is -1.83. The minimum Gasteiger partial charge on any atom is -0.493 e. The van der Waals surface area contributed by atoms with Gasteiger partial charge >= 0.3 is 0 Å². The van der Waals surface area contributed by atoms with Crippen molar-refractivity contribution >= 4 is 34.2 Å². The predicted octanol–water partition coefficient (Wildman–Crippen LogP) is 5.13. The highest BCUT2D eigenvalue weighted by Crippen LogP contribution is 2.50. The van der Waals surface area contributed by atoms with Gasteiger partial charge in [0.15, 0.2) is 23.1 Å². The molecular weight excluding hydrogens is 493 g/mol. The molecule has 0 spiro atoms. The molecule has 0 amide bonds. The highest BCUT2D eigenvalue weighted by atomic mass is 127. The molecule has 30 heavy (non-hydrogen) atoms. The molecule has 0 N–H and O–H groups in total. The topological polar surface area (TPSA) is 55.8 Å². The van der Waals surface area contributed by atoms with Crippen LogP contribution in [0.5, 0.6) is 11.5 Å². The molecule has 0 radical (unpaired) electrons. The molecule has 3 aliphatic rings. The number of carbonyl (C=O) groups is 2. The molecule has 0 unspecified atom stereocenters. The fraction of sp³-hybridized carbons (Fsp3) is 0.500. The number of carbonyl (C=O) groups excluding carboxylic acids is 2. The molecule has 4 rings (SSSR count). The molecule has 1 aliphatic heterocycles. The number of rotatable bonds is 5. The van der Waals surface area contributed by atoms with Crippen molar-refractivity contribution in [2.75, 3.05) is 20.8 Å². The van der Waals surface area contributed by atoms with Gasteiger partial charge in [-0.25, -0.2) is 0 Å². The van der Waals surface area contributed by atoms with Crippen LogP contribution in [-0.4, -0.2) is 37.2 Å². The molecule has 1 aromatic rings. The maximum absolute atomic E-state index is 13.1. The molecule has 0 saturated carbocycles. The molecule has 2 aliphatic carbocycles. The van der Waals surface area contributed by atoms with E-state index >= 15 is 0 Å². The van der Waals surface area contributed by atoms with Crippen molar-refractivity contribution in [2.45, 2.75) is 57.8 Å². The largest absolute Gasteiger partial charge is 0.493 e. The fourth-order valence-corrected chi connectivity index (χ4v) is 5.72. The monoisotopic (exact) mass is 521 g/mol. The first-order valence-electron chi connectivity index (χ1n) is 10.7. The molecule has 0 bridgehead atoms. The van der Waals surface area contributed by atoms with E-state index < -0.39 is 0 Å². The van der Waals surface area contributed by atoms with Gasteiger partial charge in [-0.1, -0.05) is 6.92 Å². The van der Waals surface area contributed by atoms with E-state index in [-0.39, 0.29) is 17.5 Å². The Morgan fingerprint density at radius 2 is 1.63 bits per heavy atom. The Labute approximate surface area is 191 Å². The van der Waals surface area contributed by atoms with E-state index in [1.54, 1.807) is 7.11 Å². The minimum absolute atomic E-state index is 0.165. The summed E-state index contributed by atoms with van der Waals surface area (Å²) in [7, 11) is 3.65. The number of allylic oxidation sites excluding steroid dienone is 4. The van der Waals surface area contributed by atoms with Crippen LogP contribution in [0.1, 0.15) is 63.4 Å². The Morgan fingerprint density at radius 1 is 1.03 bits per heavy atom. The van der Waals surface area contributed by atoms with E-state index in [9.17, 15) is 9.59 Å². The lowest BCUT2D eigenvalue weighted by molar-refractivity contribution is -0.117. The predicted molar refractivity (Wildman–Crippen MR) is 124 cm³/mol. The van der Waals surface area contributed by atoms with Crippen molar-refractivity contribution in [3.63, 3.8) is 0 Å². The standard InChI is InChI=1S/C24H28INO4/c1-4-11-30-24-15(25)12-14(13-20(24)29-3)21-22-16(7-5-9-18(22)27)26(2)17-8-6-10-19(28)23(17)21/h12-13,21H,4-11H2,1-3H3. The molecule has 6 heteroatoms. The zero-order valence-electron chi connectivity index (χ0n) is 17.8. The smallest absolute Gasteiger partial charge is 0.174 e. The van der Waals surface area contributed by atoms with Crippen LogP contribution in [0.4, 0.5) is 0 Å². The number of methoxy groups -OCH3 is 1. The van der Waals surface area contributed by atoms with Crippen LogP contribution in [0.25, 0.3) is 0 Å². The first kappa shape index (κ1) is 21.4. The van der Waals surface area contributed by atoms with Gasteiger partial charge in [-0.3, -0.25) is 9.59 Å². The first-order valence-corrected chi connectivity index (χ1v) is 11.8. The third-order valence-corrected chi connectivity index (χ3v) is 7.08. The molecule has 1 heterocycles. The minimum atomic E-state index is -0.311. The second-order valence-electron chi connectivity index (χ2n) is 8.15. The van der Waals surface area contributed by atoms with Gasteiger partial charge in [-0.15, -0.1) is 0 Å². The molecule has 5 nitrogen and oxygen atoms in total. The third-order valence-electron chi connectivity index (χ3n) is 6.28. The van der Waals surface area contributed by atoms with E-state index in [4.69, 9.17) is 9.47 Å². The summed E-state index contributed by atoms with van der Waals surface area (Å²) in [5, 5.41) is 0. The Bertz CT molecular complexity index is 918. The lowest BCUT2D eigenvalue weighted by Gasteiger charge is -2.42. The zero-order valence-corrected chi connectivity index (χ0v) is 20.0. The third kappa shape index (κ3) is 3.57. The van der Waals surface area contributed by atoms with E-state index in [2.05, 4.69) is 40.5 Å². The van der Waals surface area contributed by atoms with Crippen LogP contribution in [-0.2, 0) is 9.59 Å². The van der Waals surface area contributed by atoms with Crippen LogP contribution in [0.15, 0.2) is 34.7 Å². The van der Waals surface area contributed by atoms with Crippen molar-refractivity contribution in [3.8, 4) is 11.5 Å². The SMILES string of the molecule is CCCOc1c(I)cc(C2C3=C(CCCC3=O)N(C)C3=C2C(=O)CCC3)cc1OC. The zero-order chi connectivity index (χ0) is 21.4. The maximum atomic E-state index is 13.1. The summed E-state index contributed by atoms with van der Waals surface area (Å²) in [6, 6.07) is 4.02. The number of hydrogen-bond donors (Lipinski definition) is 0. The van der Waals surface area contributed by atoms with Gasteiger partial charge < -0.3 is 14.4 Å². The van der Waals surface area contributed by atoms with E-state index in [0.29, 0.717) is 25.2 Å². The quantitative estimate of drug-likeness (QED) is 0.503. The normalized spacial score (nSPS) is 19.8. The molecule has 1 aromatic carbocycles. The molecule has 0 fully saturated rings. The maximum Gasteiger partial charge on any atom is 0.174 e. The molecule has 0 aromatic heterocycles. The Kier molecular flexibility index (Phi) is 6.23. The summed E-state index contributed by atoms with van der Waals surface area (Å²) in [5.41, 5.74) is 4.73. The van der Waals surface area contributed by atoms with E-state index in [0.717, 1.165) is 69.5 Å². The van der Waals surface area contributed by atoms with E-state index in [1.165, 1.54) is 0 Å². The number of Topliss-reactive ketones (excluding diaryl/α,β-unsaturated/α-hetero) is 2. The van der Waals surface area contributed by atoms with Crippen LogP contribution in [0.2, 0.25) is 0 Å². The summed E-state index contributed by atoms with van der Waals surface area (Å²) in [4.78, 5) is 28.4. The second kappa shape index (κ2) is 8.73. The fourth-order valence-electron chi connectivity index (χ4n) is 4.94. The lowest BCUT2D eigenvalue weighted by Crippen LogP contribution is -2.37. The van der Waals surface area contributed by atoms with Gasteiger partial charge in [0.05, 0.1) is 17.3 Å². The van der Waals surface area contributed by atoms with Gasteiger partial charge in [0.1, 0.15) is 0 Å². The van der Waals surface area contributed by atoms with Crippen molar-refractivity contribution in [3.05, 3.63) is 43.8 Å². The number of halogens is 1. The number of benzene rings is 1. The number of ether oxygens (including phenoxy) is 2. The summed E-state index contributed by atoms with van der Waals surface area (Å²) in [5.74, 6) is 1.40. The van der Waals surface area contributed by atoms with Crippen molar-refractivity contribution in [1.29, 1.82) is 0 Å². The highest BCUT2D eigenvalue weighted by Gasteiger charge is 2.42. The van der Waals surface area contributed by atoms with Crippen molar-refractivity contribution < 1.29 is 19.1 Å². The lowest BCUT2D eigenvalue weighted by atomic mass is 9.71. The Morgan fingerprint density at radius 3 is 2.17 bits per heavy atom. The van der Waals surface area contributed by atoms with Crippen LogP contribution < -0.4 is 9.47 Å². The average Bonchev–Trinajstić information content (AvgIpc) is 2.74. The van der Waals surface area contributed by atoms with Gasteiger partial charge in [0.2, 0.25) is 0 Å². The summed E-state index contributed by atoms with van der Waals surface area (Å²) in [6.45, 7) is 2.68. The second-order valence-corrected chi connectivity index (χ2v) is 9.31. The molecule has 0 saturated heterocycles. The molecular formula is C24H28INO4. The van der Waals surface area contributed by atoms with Crippen molar-refractivity contribution in [2.24, 2.45) is 0 Å². The first-order chi connectivity index (χ1) is 14.5. The summed E-state index contributed by atoms with van der Waals surface area (Å²) in [6.07, 6.45) is 5.51. The summed E-state index contributed by atoms with van der Waals surface area (Å²) >= 11 is 2.26. The average molecular weight is 521 g/mol. The summed E-state index contributed by atoms with van der Waals surface area (Å²) < 4.78 is 12.5. The van der Waals surface area contributed by atoms with Crippen LogP contribution in [0, 0.1) is 3.57 Å². The molecule has 0 atom stereocenters. The van der Waals surface area contributed by atoms with Crippen LogP contribution in [0.3, 0.4) is 0 Å². The number of ketones is 2. The molecule has 160 valence electrons. The Balaban J connectivity index is 1.91. The van der Waals surface area contributed by atoms with Gasteiger partial charge in [0.25, 0.3) is 0 Å². The number of nitrogens with zero attached hydrogens (tertiary/aromatic N) is 1. The highest BCUT2D eigenvalue weighted by molar-refractivity contribution is 14.1. The van der Waals surface area contributed by atoms with Gasteiger partial charge in [-0.05, 0) is 72.4 Å². The van der Waals surface area contributed by atoms with Gasteiger partial charge in [0, 0.05) is 48.3 Å². The van der Waals surface area contributed by atoms with Crippen molar-refractivity contribution in [1.82, 2.24) is 4.90 Å². The van der Waals surface area contributed by atoms with Crippen LogP contribution >= 0.6 is 22.6 Å². The number of hydrogen-bond acceptors (Lipinski definition) is 5. The van der Waals surface area contributed by atoms with E-state index in [1.807, 2.05) is 13.1 Å². The van der Waals surface area contributed by atoms with Gasteiger partial charge in [-0.2, -0.15) is 0 Å².